The molecule has 0 saturated heterocycles. The maximum atomic E-state index is 13.4. The van der Waals surface area contributed by atoms with Crippen LogP contribution in [0.25, 0.3) is 11.6 Å². The highest BCUT2D eigenvalue weighted by atomic mass is 127. The van der Waals surface area contributed by atoms with E-state index in [0.29, 0.717) is 52.8 Å². The summed E-state index contributed by atoms with van der Waals surface area (Å²) in [5, 5.41) is 0.995. The molecule has 0 aliphatic carbocycles. The molecule has 4 nitrogen and oxygen atoms in total. The predicted octanol–water partition coefficient (Wildman–Crippen LogP) is 8.12. The first kappa shape index (κ1) is 25.9. The van der Waals surface area contributed by atoms with E-state index in [-0.39, 0.29) is 5.91 Å². The first-order valence-corrected chi connectivity index (χ1v) is 13.3. The van der Waals surface area contributed by atoms with Gasteiger partial charge in [-0.1, -0.05) is 61.3 Å². The molecular formula is C28H26Cl2INO3. The third kappa shape index (κ3) is 5.79. The smallest absolute Gasteiger partial charge is 0.259 e. The van der Waals surface area contributed by atoms with Gasteiger partial charge in [-0.15, -0.1) is 0 Å². The van der Waals surface area contributed by atoms with Gasteiger partial charge in [0, 0.05) is 17.7 Å². The molecule has 3 aromatic carbocycles. The molecule has 7 heteroatoms. The summed E-state index contributed by atoms with van der Waals surface area (Å²) < 4.78 is 12.9. The lowest BCUT2D eigenvalue weighted by Crippen LogP contribution is -2.30. The number of carbonyl (C=O) groups excluding carboxylic acids is 1. The van der Waals surface area contributed by atoms with Gasteiger partial charge in [-0.2, -0.15) is 0 Å². The minimum Gasteiger partial charge on any atom is -0.490 e. The summed E-state index contributed by atoms with van der Waals surface area (Å²) in [4.78, 5) is 15.2. The minimum absolute atomic E-state index is 0.0211. The number of ether oxygens (including phenoxy) is 2. The standard InChI is InChI=1S/C28H26Cl2INO3/c1-4-34-26-14-19(13-24(31)27(26)35-16-18-9-10-22(29)23(30)12-18)11-21-20-7-5-6-8-25(20)32(28(21)33)15-17(2)3/h5-14,17H,4,15-16H2,1-3H3/b21-11-. The Labute approximate surface area is 230 Å². The summed E-state index contributed by atoms with van der Waals surface area (Å²) in [5.41, 5.74) is 4.38. The maximum Gasteiger partial charge on any atom is 0.259 e. The SMILES string of the molecule is CCOc1cc(/C=C2\C(=O)N(CC(C)C)c3ccccc32)cc(I)c1OCc1ccc(Cl)c(Cl)c1. The van der Waals surface area contributed by atoms with E-state index in [1.165, 1.54) is 0 Å². The van der Waals surface area contributed by atoms with Crippen LogP contribution < -0.4 is 14.4 Å². The van der Waals surface area contributed by atoms with Gasteiger partial charge >= 0.3 is 0 Å². The molecular weight excluding hydrogens is 596 g/mol. The molecule has 0 fully saturated rings. The summed E-state index contributed by atoms with van der Waals surface area (Å²) in [7, 11) is 0. The van der Waals surface area contributed by atoms with E-state index in [2.05, 4.69) is 36.4 Å². The molecule has 0 N–H and O–H groups in total. The van der Waals surface area contributed by atoms with E-state index in [1.54, 1.807) is 12.1 Å². The number of halogens is 3. The van der Waals surface area contributed by atoms with Crippen molar-refractivity contribution in [3.8, 4) is 11.5 Å². The van der Waals surface area contributed by atoms with E-state index >= 15 is 0 Å². The molecule has 0 aromatic heterocycles. The Morgan fingerprint density at radius 2 is 1.80 bits per heavy atom. The lowest BCUT2D eigenvalue weighted by Gasteiger charge is -2.19. The number of nitrogens with zero attached hydrogens (tertiary/aromatic N) is 1. The second-order valence-corrected chi connectivity index (χ2v) is 10.7. The number of hydrogen-bond donors (Lipinski definition) is 0. The van der Waals surface area contributed by atoms with E-state index in [0.717, 1.165) is 25.9 Å². The van der Waals surface area contributed by atoms with Crippen molar-refractivity contribution in [1.29, 1.82) is 0 Å². The number of anilines is 1. The van der Waals surface area contributed by atoms with Crippen molar-refractivity contribution >= 4 is 69.0 Å². The molecule has 1 aliphatic rings. The van der Waals surface area contributed by atoms with Crippen LogP contribution in [0.4, 0.5) is 5.69 Å². The van der Waals surface area contributed by atoms with Crippen molar-refractivity contribution in [2.24, 2.45) is 5.92 Å². The second-order valence-electron chi connectivity index (χ2n) is 8.68. The Kier molecular flexibility index (Phi) is 8.30. The average Bonchev–Trinajstić information content (AvgIpc) is 3.06. The highest BCUT2D eigenvalue weighted by Gasteiger charge is 2.32. The number of rotatable bonds is 8. The molecule has 0 spiro atoms. The predicted molar refractivity (Wildman–Crippen MR) is 153 cm³/mol. The number of carbonyl (C=O) groups is 1. The highest BCUT2D eigenvalue weighted by molar-refractivity contribution is 14.1. The van der Waals surface area contributed by atoms with Crippen molar-refractivity contribution in [3.63, 3.8) is 0 Å². The van der Waals surface area contributed by atoms with Gasteiger partial charge in [0.1, 0.15) is 6.61 Å². The molecule has 0 bridgehead atoms. The normalized spacial score (nSPS) is 14.1. The topological polar surface area (TPSA) is 38.8 Å². The number of para-hydroxylation sites is 1. The zero-order chi connectivity index (χ0) is 25.1. The van der Waals surface area contributed by atoms with Crippen LogP contribution in [-0.4, -0.2) is 19.1 Å². The third-order valence-corrected chi connectivity index (χ3v) is 7.06. The molecule has 3 aromatic rings. The molecule has 182 valence electrons. The molecule has 1 heterocycles. The first-order valence-electron chi connectivity index (χ1n) is 11.4. The molecule has 1 aliphatic heterocycles. The van der Waals surface area contributed by atoms with Crippen LogP contribution in [0.15, 0.2) is 54.6 Å². The van der Waals surface area contributed by atoms with Crippen LogP contribution in [-0.2, 0) is 11.4 Å². The van der Waals surface area contributed by atoms with Crippen LogP contribution >= 0.6 is 45.8 Å². The fraction of sp³-hybridized carbons (Fsp3) is 0.250. The van der Waals surface area contributed by atoms with Crippen molar-refractivity contribution in [3.05, 3.63) is 84.9 Å². The Morgan fingerprint density at radius 1 is 1.03 bits per heavy atom. The first-order chi connectivity index (χ1) is 16.8. The Morgan fingerprint density at radius 3 is 2.51 bits per heavy atom. The van der Waals surface area contributed by atoms with Crippen molar-refractivity contribution in [2.45, 2.75) is 27.4 Å². The van der Waals surface area contributed by atoms with E-state index in [4.69, 9.17) is 32.7 Å². The third-order valence-electron chi connectivity index (χ3n) is 5.52. The minimum atomic E-state index is 0.0211. The molecule has 0 radical (unpaired) electrons. The van der Waals surface area contributed by atoms with Gasteiger partial charge in [0.25, 0.3) is 5.91 Å². The maximum absolute atomic E-state index is 13.4. The van der Waals surface area contributed by atoms with E-state index in [9.17, 15) is 4.79 Å². The van der Waals surface area contributed by atoms with Gasteiger partial charge in [0.2, 0.25) is 0 Å². The summed E-state index contributed by atoms with van der Waals surface area (Å²) in [5.74, 6) is 1.67. The fourth-order valence-electron chi connectivity index (χ4n) is 4.02. The van der Waals surface area contributed by atoms with Gasteiger partial charge in [-0.05, 0) is 83.0 Å². The molecule has 1 amide bonds. The largest absolute Gasteiger partial charge is 0.490 e. The summed E-state index contributed by atoms with van der Waals surface area (Å²) >= 11 is 14.4. The highest BCUT2D eigenvalue weighted by Crippen LogP contribution is 2.40. The summed E-state index contributed by atoms with van der Waals surface area (Å²) in [6, 6.07) is 17.3. The molecule has 4 rings (SSSR count). The second kappa shape index (κ2) is 11.2. The lowest BCUT2D eigenvalue weighted by molar-refractivity contribution is -0.113. The monoisotopic (exact) mass is 621 g/mol. The molecule has 35 heavy (non-hydrogen) atoms. The van der Waals surface area contributed by atoms with Gasteiger partial charge < -0.3 is 14.4 Å². The van der Waals surface area contributed by atoms with E-state index in [1.807, 2.05) is 60.4 Å². The quantitative estimate of drug-likeness (QED) is 0.188. The fourth-order valence-corrected chi connectivity index (χ4v) is 5.12. The van der Waals surface area contributed by atoms with Crippen LogP contribution in [0, 0.1) is 9.49 Å². The number of fused-ring (bicyclic) bond motifs is 1. The Bertz CT molecular complexity index is 1290. The van der Waals surface area contributed by atoms with Gasteiger partial charge in [0.15, 0.2) is 11.5 Å². The van der Waals surface area contributed by atoms with Gasteiger partial charge in [-0.3, -0.25) is 4.79 Å². The Balaban J connectivity index is 1.67. The Hall–Kier alpha value is -2.22. The van der Waals surface area contributed by atoms with Crippen LogP contribution in [0.1, 0.15) is 37.5 Å². The van der Waals surface area contributed by atoms with Crippen LogP contribution in [0.3, 0.4) is 0 Å². The molecule has 0 unspecified atom stereocenters. The van der Waals surface area contributed by atoms with Gasteiger partial charge in [-0.25, -0.2) is 0 Å². The van der Waals surface area contributed by atoms with Gasteiger partial charge in [0.05, 0.1) is 25.9 Å². The van der Waals surface area contributed by atoms with E-state index < -0.39 is 0 Å². The number of hydrogen-bond acceptors (Lipinski definition) is 3. The average molecular weight is 622 g/mol. The van der Waals surface area contributed by atoms with Crippen LogP contribution in [0.2, 0.25) is 10.0 Å². The zero-order valence-electron chi connectivity index (χ0n) is 19.8. The number of amides is 1. The van der Waals surface area contributed by atoms with Crippen molar-refractivity contribution in [1.82, 2.24) is 0 Å². The summed E-state index contributed by atoms with van der Waals surface area (Å²) in [6.07, 6.45) is 1.94. The molecule has 0 atom stereocenters. The zero-order valence-corrected chi connectivity index (χ0v) is 23.4. The van der Waals surface area contributed by atoms with Crippen LogP contribution in [0.5, 0.6) is 11.5 Å². The van der Waals surface area contributed by atoms with Crippen molar-refractivity contribution in [2.75, 3.05) is 18.1 Å². The van der Waals surface area contributed by atoms with Crippen molar-refractivity contribution < 1.29 is 14.3 Å². The number of benzene rings is 3. The lowest BCUT2D eigenvalue weighted by atomic mass is 10.0. The summed E-state index contributed by atoms with van der Waals surface area (Å²) in [6.45, 7) is 7.65. The molecule has 0 saturated carbocycles.